The van der Waals surface area contributed by atoms with Gasteiger partial charge in [0.2, 0.25) is 0 Å². The zero-order chi connectivity index (χ0) is 15.7. The summed E-state index contributed by atoms with van der Waals surface area (Å²) in [4.78, 5) is 11.7. The fraction of sp³-hybridized carbons (Fsp3) is 0.588. The van der Waals surface area contributed by atoms with E-state index in [2.05, 4.69) is 55.7 Å². The first-order chi connectivity index (χ1) is 9.95. The largest absolute Gasteiger partial charge is 0.382 e. The van der Waals surface area contributed by atoms with Crippen LogP contribution in [0.4, 0.5) is 4.79 Å². The Hall–Kier alpha value is -1.55. The van der Waals surface area contributed by atoms with E-state index in [4.69, 9.17) is 4.74 Å². The number of carbonyl (C=O) groups is 1. The molecule has 0 aliphatic carbocycles. The molecule has 2 amide bonds. The van der Waals surface area contributed by atoms with Gasteiger partial charge < -0.3 is 15.4 Å². The van der Waals surface area contributed by atoms with Gasteiger partial charge in [0.15, 0.2) is 0 Å². The molecule has 0 aromatic heterocycles. The molecule has 0 bridgehead atoms. The molecule has 4 nitrogen and oxygen atoms in total. The van der Waals surface area contributed by atoms with Crippen molar-refractivity contribution in [1.29, 1.82) is 0 Å². The molecule has 2 N–H and O–H groups in total. The minimum absolute atomic E-state index is 0.0869. The standard InChI is InChI=1S/C17H28N2O2/c1-5-21-12-6-11-18-16(20)19-13-17(3,4)15-9-7-14(2)8-10-15/h7-10H,5-6,11-13H2,1-4H3,(H2,18,19,20). The second-order valence-electron chi connectivity index (χ2n) is 5.91. The maximum atomic E-state index is 11.7. The van der Waals surface area contributed by atoms with Gasteiger partial charge in [0.1, 0.15) is 0 Å². The van der Waals surface area contributed by atoms with Crippen LogP contribution < -0.4 is 10.6 Å². The lowest BCUT2D eigenvalue weighted by Gasteiger charge is -2.26. The van der Waals surface area contributed by atoms with E-state index in [9.17, 15) is 4.79 Å². The summed E-state index contributed by atoms with van der Waals surface area (Å²) in [7, 11) is 0. The molecule has 0 heterocycles. The van der Waals surface area contributed by atoms with E-state index >= 15 is 0 Å². The van der Waals surface area contributed by atoms with E-state index in [-0.39, 0.29) is 11.4 Å². The average Bonchev–Trinajstić information content (AvgIpc) is 2.45. The highest BCUT2D eigenvalue weighted by Gasteiger charge is 2.21. The van der Waals surface area contributed by atoms with Crippen molar-refractivity contribution in [3.63, 3.8) is 0 Å². The molecule has 0 unspecified atom stereocenters. The quantitative estimate of drug-likeness (QED) is 0.724. The lowest BCUT2D eigenvalue weighted by atomic mass is 9.84. The summed E-state index contributed by atoms with van der Waals surface area (Å²) in [6, 6.07) is 8.33. The third kappa shape index (κ3) is 6.63. The van der Waals surface area contributed by atoms with Gasteiger partial charge >= 0.3 is 6.03 Å². The Bertz CT molecular complexity index is 427. The maximum absolute atomic E-state index is 11.7. The van der Waals surface area contributed by atoms with Gasteiger partial charge in [-0.25, -0.2) is 4.79 Å². The Morgan fingerprint density at radius 2 is 1.86 bits per heavy atom. The second-order valence-corrected chi connectivity index (χ2v) is 5.91. The Morgan fingerprint density at radius 3 is 2.48 bits per heavy atom. The zero-order valence-electron chi connectivity index (χ0n) is 13.7. The van der Waals surface area contributed by atoms with Gasteiger partial charge in [-0.2, -0.15) is 0 Å². The summed E-state index contributed by atoms with van der Waals surface area (Å²) < 4.78 is 5.23. The molecule has 0 aliphatic heterocycles. The molecule has 21 heavy (non-hydrogen) atoms. The molecule has 4 heteroatoms. The first-order valence-electron chi connectivity index (χ1n) is 7.62. The molecular formula is C17H28N2O2. The molecule has 0 atom stereocenters. The summed E-state index contributed by atoms with van der Waals surface area (Å²) in [5.74, 6) is 0. The van der Waals surface area contributed by atoms with Crippen LogP contribution in [-0.2, 0) is 10.2 Å². The highest BCUT2D eigenvalue weighted by atomic mass is 16.5. The molecule has 1 rings (SSSR count). The van der Waals surface area contributed by atoms with E-state index in [1.165, 1.54) is 11.1 Å². The molecule has 0 aliphatic rings. The van der Waals surface area contributed by atoms with Gasteiger partial charge in [0, 0.05) is 31.7 Å². The molecule has 1 aromatic rings. The maximum Gasteiger partial charge on any atom is 0.314 e. The van der Waals surface area contributed by atoms with Crippen LogP contribution in [0, 0.1) is 6.92 Å². The Labute approximate surface area is 128 Å². The number of benzene rings is 1. The monoisotopic (exact) mass is 292 g/mol. The number of ether oxygens (including phenoxy) is 1. The topological polar surface area (TPSA) is 50.4 Å². The first kappa shape index (κ1) is 17.5. The van der Waals surface area contributed by atoms with Crippen LogP contribution in [0.2, 0.25) is 0 Å². The minimum Gasteiger partial charge on any atom is -0.382 e. The number of nitrogens with one attached hydrogen (secondary N) is 2. The highest BCUT2D eigenvalue weighted by Crippen LogP contribution is 2.22. The average molecular weight is 292 g/mol. The van der Waals surface area contributed by atoms with Crippen LogP contribution in [0.5, 0.6) is 0 Å². The van der Waals surface area contributed by atoms with Crippen molar-refractivity contribution in [3.05, 3.63) is 35.4 Å². The number of carbonyl (C=O) groups excluding carboxylic acids is 1. The fourth-order valence-corrected chi connectivity index (χ4v) is 1.99. The van der Waals surface area contributed by atoms with E-state index in [1.54, 1.807) is 0 Å². The zero-order valence-corrected chi connectivity index (χ0v) is 13.7. The van der Waals surface area contributed by atoms with Crippen molar-refractivity contribution in [3.8, 4) is 0 Å². The summed E-state index contributed by atoms with van der Waals surface area (Å²) in [5, 5.41) is 5.78. The molecule has 0 fully saturated rings. The summed E-state index contributed by atoms with van der Waals surface area (Å²) in [6.07, 6.45) is 0.836. The Morgan fingerprint density at radius 1 is 1.19 bits per heavy atom. The first-order valence-corrected chi connectivity index (χ1v) is 7.62. The predicted molar refractivity (Wildman–Crippen MR) is 86.7 cm³/mol. The second kappa shape index (κ2) is 8.67. The van der Waals surface area contributed by atoms with Crippen LogP contribution in [0.25, 0.3) is 0 Å². The Balaban J connectivity index is 2.32. The normalized spacial score (nSPS) is 11.2. The number of rotatable bonds is 8. The minimum atomic E-state index is -0.119. The predicted octanol–water partition coefficient (Wildman–Crippen LogP) is 3.00. The van der Waals surface area contributed by atoms with Crippen LogP contribution in [0.1, 0.15) is 38.3 Å². The molecule has 0 saturated heterocycles. The fourth-order valence-electron chi connectivity index (χ4n) is 1.99. The molecule has 0 radical (unpaired) electrons. The number of urea groups is 1. The van der Waals surface area contributed by atoms with Crippen LogP contribution >= 0.6 is 0 Å². The lowest BCUT2D eigenvalue weighted by Crippen LogP contribution is -2.42. The third-order valence-electron chi connectivity index (χ3n) is 3.48. The molecule has 0 spiro atoms. The van der Waals surface area contributed by atoms with Crippen molar-refractivity contribution < 1.29 is 9.53 Å². The summed E-state index contributed by atoms with van der Waals surface area (Å²) in [5.41, 5.74) is 2.38. The molecule has 0 saturated carbocycles. The van der Waals surface area contributed by atoms with Crippen LogP contribution in [-0.4, -0.2) is 32.3 Å². The molecule has 118 valence electrons. The van der Waals surface area contributed by atoms with Crippen molar-refractivity contribution >= 4 is 6.03 Å². The van der Waals surface area contributed by atoms with E-state index in [0.29, 0.717) is 19.7 Å². The number of amides is 2. The Kier molecular flexibility index (Phi) is 7.23. The van der Waals surface area contributed by atoms with E-state index in [0.717, 1.165) is 13.0 Å². The summed E-state index contributed by atoms with van der Waals surface area (Å²) >= 11 is 0. The molecule has 1 aromatic carbocycles. The number of aryl methyl sites for hydroxylation is 1. The van der Waals surface area contributed by atoms with Gasteiger partial charge in [-0.15, -0.1) is 0 Å². The smallest absolute Gasteiger partial charge is 0.314 e. The van der Waals surface area contributed by atoms with Crippen molar-refractivity contribution in [2.24, 2.45) is 0 Å². The van der Waals surface area contributed by atoms with Gasteiger partial charge in [-0.05, 0) is 25.8 Å². The van der Waals surface area contributed by atoms with Crippen LogP contribution in [0.3, 0.4) is 0 Å². The van der Waals surface area contributed by atoms with Gasteiger partial charge in [-0.1, -0.05) is 43.7 Å². The van der Waals surface area contributed by atoms with E-state index < -0.39 is 0 Å². The lowest BCUT2D eigenvalue weighted by molar-refractivity contribution is 0.145. The van der Waals surface area contributed by atoms with Crippen molar-refractivity contribution in [1.82, 2.24) is 10.6 Å². The van der Waals surface area contributed by atoms with E-state index in [1.807, 2.05) is 6.92 Å². The SMILES string of the molecule is CCOCCCNC(=O)NCC(C)(C)c1ccc(C)cc1. The van der Waals surface area contributed by atoms with Gasteiger partial charge in [0.05, 0.1) is 0 Å². The van der Waals surface area contributed by atoms with Gasteiger partial charge in [-0.3, -0.25) is 0 Å². The molecular weight excluding hydrogens is 264 g/mol. The number of hydrogen-bond donors (Lipinski definition) is 2. The number of hydrogen-bond acceptors (Lipinski definition) is 2. The highest BCUT2D eigenvalue weighted by molar-refractivity contribution is 5.73. The summed E-state index contributed by atoms with van der Waals surface area (Å²) in [6.45, 7) is 10.9. The van der Waals surface area contributed by atoms with Gasteiger partial charge in [0.25, 0.3) is 0 Å². The van der Waals surface area contributed by atoms with Crippen molar-refractivity contribution in [2.75, 3.05) is 26.3 Å². The third-order valence-corrected chi connectivity index (χ3v) is 3.48. The van der Waals surface area contributed by atoms with Crippen LogP contribution in [0.15, 0.2) is 24.3 Å². The van der Waals surface area contributed by atoms with Crippen molar-refractivity contribution in [2.45, 2.75) is 39.5 Å².